The second kappa shape index (κ2) is 8.24. The predicted molar refractivity (Wildman–Crippen MR) is 129 cm³/mol. The summed E-state index contributed by atoms with van der Waals surface area (Å²) in [4.78, 5) is 29.0. The van der Waals surface area contributed by atoms with Gasteiger partial charge in [0.25, 0.3) is 5.91 Å². The molecule has 5 heteroatoms. The summed E-state index contributed by atoms with van der Waals surface area (Å²) in [6.07, 6.45) is 0.902. The third kappa shape index (κ3) is 3.50. The zero-order chi connectivity index (χ0) is 23.1. The summed E-state index contributed by atoms with van der Waals surface area (Å²) < 4.78 is 11.8. The van der Waals surface area contributed by atoms with E-state index in [0.29, 0.717) is 28.9 Å². The zero-order valence-corrected chi connectivity index (χ0v) is 18.9. The van der Waals surface area contributed by atoms with E-state index >= 15 is 0 Å². The number of nitrogens with zero attached hydrogens (tertiary/aromatic N) is 1. The first-order valence-corrected chi connectivity index (χ1v) is 11.2. The standard InChI is InChI=1S/C28H25NO4/c1-4-18-10-12-20(13-11-18)29-25(19-7-6-8-21(16-19)32-5-2)24-26(30)22-15-17(3)9-14-23(22)33-27(24)28(29)31/h6-16,25H,4-5H2,1-3H3. The quantitative estimate of drug-likeness (QED) is 0.394. The number of ether oxygens (including phenoxy) is 1. The fourth-order valence-electron chi connectivity index (χ4n) is 4.50. The van der Waals surface area contributed by atoms with Crippen LogP contribution in [-0.2, 0) is 6.42 Å². The van der Waals surface area contributed by atoms with Gasteiger partial charge in [0.2, 0.25) is 5.76 Å². The van der Waals surface area contributed by atoms with Gasteiger partial charge < -0.3 is 9.15 Å². The van der Waals surface area contributed by atoms with E-state index in [-0.39, 0.29) is 17.1 Å². The van der Waals surface area contributed by atoms with Crippen LogP contribution in [0.25, 0.3) is 11.0 Å². The van der Waals surface area contributed by atoms with Crippen molar-refractivity contribution in [3.8, 4) is 5.75 Å². The van der Waals surface area contributed by atoms with Gasteiger partial charge in [-0.1, -0.05) is 42.8 Å². The number of aryl methyl sites for hydroxylation is 2. The summed E-state index contributed by atoms with van der Waals surface area (Å²) in [6, 6.07) is 20.3. The minimum Gasteiger partial charge on any atom is -0.494 e. The molecule has 1 aliphatic heterocycles. The number of hydrogen-bond acceptors (Lipinski definition) is 4. The van der Waals surface area contributed by atoms with Gasteiger partial charge in [0.1, 0.15) is 11.3 Å². The van der Waals surface area contributed by atoms with Gasteiger partial charge >= 0.3 is 0 Å². The van der Waals surface area contributed by atoms with Gasteiger partial charge in [-0.15, -0.1) is 0 Å². The molecule has 0 saturated heterocycles. The largest absolute Gasteiger partial charge is 0.494 e. The van der Waals surface area contributed by atoms with Gasteiger partial charge in [-0.05, 0) is 67.8 Å². The fraction of sp³-hybridized carbons (Fsp3) is 0.214. The van der Waals surface area contributed by atoms with Crippen molar-refractivity contribution in [1.29, 1.82) is 0 Å². The predicted octanol–water partition coefficient (Wildman–Crippen LogP) is 5.81. The molecule has 1 aliphatic rings. The van der Waals surface area contributed by atoms with Crippen LogP contribution in [-0.4, -0.2) is 12.5 Å². The lowest BCUT2D eigenvalue weighted by Crippen LogP contribution is -2.29. The minimum atomic E-state index is -0.610. The van der Waals surface area contributed by atoms with Crippen molar-refractivity contribution < 1.29 is 13.9 Å². The van der Waals surface area contributed by atoms with Gasteiger partial charge in [-0.2, -0.15) is 0 Å². The van der Waals surface area contributed by atoms with Crippen LogP contribution in [0.5, 0.6) is 5.75 Å². The summed E-state index contributed by atoms with van der Waals surface area (Å²) in [6.45, 7) is 6.47. The molecule has 1 amide bonds. The molecule has 0 N–H and O–H groups in total. The second-order valence-electron chi connectivity index (χ2n) is 8.28. The number of rotatable bonds is 5. The fourth-order valence-corrected chi connectivity index (χ4v) is 4.50. The molecule has 5 rings (SSSR count). The van der Waals surface area contributed by atoms with Crippen LogP contribution >= 0.6 is 0 Å². The molecule has 0 spiro atoms. The van der Waals surface area contributed by atoms with E-state index in [4.69, 9.17) is 9.15 Å². The van der Waals surface area contributed by atoms with E-state index in [9.17, 15) is 9.59 Å². The highest BCUT2D eigenvalue weighted by Crippen LogP contribution is 2.42. The number of carbonyl (C=O) groups excluding carboxylic acids is 1. The average Bonchev–Trinajstić information content (AvgIpc) is 3.12. The minimum absolute atomic E-state index is 0.0998. The SMILES string of the molecule is CCOc1cccc(C2c3c(oc4ccc(C)cc4c3=O)C(=O)N2c2ccc(CC)cc2)c1. The van der Waals surface area contributed by atoms with E-state index in [2.05, 4.69) is 6.92 Å². The van der Waals surface area contributed by atoms with Gasteiger partial charge in [-0.3, -0.25) is 14.5 Å². The normalized spacial score (nSPS) is 15.2. The van der Waals surface area contributed by atoms with Crippen LogP contribution in [0.1, 0.15) is 52.7 Å². The molecule has 2 heterocycles. The van der Waals surface area contributed by atoms with Gasteiger partial charge in [0, 0.05) is 5.69 Å². The molecule has 0 bridgehead atoms. The molecule has 1 aromatic heterocycles. The summed E-state index contributed by atoms with van der Waals surface area (Å²) in [5, 5.41) is 0.482. The highest BCUT2D eigenvalue weighted by atomic mass is 16.5. The van der Waals surface area contributed by atoms with Crippen molar-refractivity contribution in [3.05, 3.63) is 105 Å². The van der Waals surface area contributed by atoms with E-state index in [1.165, 1.54) is 5.56 Å². The highest BCUT2D eigenvalue weighted by molar-refractivity contribution is 6.10. The summed E-state index contributed by atoms with van der Waals surface area (Å²) in [7, 11) is 0. The molecule has 3 aromatic carbocycles. The molecule has 0 fully saturated rings. The monoisotopic (exact) mass is 439 g/mol. The lowest BCUT2D eigenvalue weighted by Gasteiger charge is -2.25. The molecule has 0 aliphatic carbocycles. The molecule has 0 saturated carbocycles. The molecular formula is C28H25NO4. The van der Waals surface area contributed by atoms with Crippen LogP contribution in [0.3, 0.4) is 0 Å². The van der Waals surface area contributed by atoms with Crippen LogP contribution < -0.4 is 15.1 Å². The van der Waals surface area contributed by atoms with E-state index in [1.54, 1.807) is 11.0 Å². The molecule has 1 unspecified atom stereocenters. The smallest absolute Gasteiger partial charge is 0.295 e. The Morgan fingerprint density at radius 2 is 1.76 bits per heavy atom. The Balaban J connectivity index is 1.77. The van der Waals surface area contributed by atoms with Crippen molar-refractivity contribution >= 4 is 22.6 Å². The average molecular weight is 440 g/mol. The van der Waals surface area contributed by atoms with Crippen LogP contribution in [0.2, 0.25) is 0 Å². The van der Waals surface area contributed by atoms with Gasteiger partial charge in [0.15, 0.2) is 5.43 Å². The highest BCUT2D eigenvalue weighted by Gasteiger charge is 2.43. The van der Waals surface area contributed by atoms with E-state index in [0.717, 1.165) is 23.2 Å². The first kappa shape index (κ1) is 21.0. The number of carbonyl (C=O) groups is 1. The van der Waals surface area contributed by atoms with Gasteiger partial charge in [0.05, 0.1) is 23.6 Å². The number of fused-ring (bicyclic) bond motifs is 2. The first-order valence-electron chi connectivity index (χ1n) is 11.2. The van der Waals surface area contributed by atoms with Crippen LogP contribution in [0, 0.1) is 6.92 Å². The Morgan fingerprint density at radius 1 is 0.970 bits per heavy atom. The summed E-state index contributed by atoms with van der Waals surface area (Å²) in [5.74, 6) is 0.474. The molecular weight excluding hydrogens is 414 g/mol. The molecule has 33 heavy (non-hydrogen) atoms. The van der Waals surface area contributed by atoms with E-state index < -0.39 is 6.04 Å². The van der Waals surface area contributed by atoms with Gasteiger partial charge in [-0.25, -0.2) is 0 Å². The maximum Gasteiger partial charge on any atom is 0.295 e. The molecule has 4 aromatic rings. The lowest BCUT2D eigenvalue weighted by atomic mass is 9.97. The molecule has 166 valence electrons. The number of amides is 1. The third-order valence-corrected chi connectivity index (χ3v) is 6.13. The number of anilines is 1. The first-order chi connectivity index (χ1) is 16.0. The van der Waals surface area contributed by atoms with Crippen LogP contribution in [0.4, 0.5) is 5.69 Å². The topological polar surface area (TPSA) is 59.8 Å². The van der Waals surface area contributed by atoms with Crippen LogP contribution in [0.15, 0.2) is 75.9 Å². The molecule has 1 atom stereocenters. The molecule has 5 nitrogen and oxygen atoms in total. The summed E-state index contributed by atoms with van der Waals surface area (Å²) in [5.41, 5.74) is 4.26. The summed E-state index contributed by atoms with van der Waals surface area (Å²) >= 11 is 0. The Labute approximate surface area is 192 Å². The molecule has 0 radical (unpaired) electrons. The van der Waals surface area contributed by atoms with Crippen molar-refractivity contribution in [2.75, 3.05) is 11.5 Å². The van der Waals surface area contributed by atoms with Crippen molar-refractivity contribution in [1.82, 2.24) is 0 Å². The maximum atomic E-state index is 13.7. The van der Waals surface area contributed by atoms with Crippen molar-refractivity contribution in [2.45, 2.75) is 33.2 Å². The lowest BCUT2D eigenvalue weighted by molar-refractivity contribution is 0.0971. The third-order valence-electron chi connectivity index (χ3n) is 6.13. The number of hydrogen-bond donors (Lipinski definition) is 0. The maximum absolute atomic E-state index is 13.7. The Kier molecular flexibility index (Phi) is 5.25. The Morgan fingerprint density at radius 3 is 2.48 bits per heavy atom. The van der Waals surface area contributed by atoms with E-state index in [1.807, 2.05) is 74.5 Å². The second-order valence-corrected chi connectivity index (χ2v) is 8.28. The Hall–Kier alpha value is -3.86. The van der Waals surface area contributed by atoms with Crippen molar-refractivity contribution in [3.63, 3.8) is 0 Å². The number of benzene rings is 3. The van der Waals surface area contributed by atoms with Crippen molar-refractivity contribution in [2.24, 2.45) is 0 Å². The Bertz CT molecular complexity index is 1420. The zero-order valence-electron chi connectivity index (χ0n) is 18.9.